The normalized spacial score (nSPS) is 20.9. The molecule has 11 heteroatoms. The fraction of sp³-hybridized carbons (Fsp3) is 0.458. The molecule has 5 rings (SSSR count). The van der Waals surface area contributed by atoms with Gasteiger partial charge in [0.05, 0.1) is 12.1 Å². The first-order valence-corrected chi connectivity index (χ1v) is 13.4. The number of primary amides is 1. The van der Waals surface area contributed by atoms with E-state index in [1.807, 2.05) is 12.1 Å². The van der Waals surface area contributed by atoms with Gasteiger partial charge in [0.25, 0.3) is 5.91 Å². The minimum absolute atomic E-state index is 0.0758. The van der Waals surface area contributed by atoms with Gasteiger partial charge in [0, 0.05) is 52.7 Å². The fourth-order valence-corrected chi connectivity index (χ4v) is 5.25. The second-order valence-corrected chi connectivity index (χ2v) is 10.8. The number of ether oxygens (including phenoxy) is 1. The number of nitrogens with two attached hydrogens (primary N) is 1. The largest absolute Gasteiger partial charge is 0.760 e. The maximum Gasteiger partial charge on any atom is 0.251 e. The van der Waals surface area contributed by atoms with Gasteiger partial charge < -0.3 is 19.9 Å². The summed E-state index contributed by atoms with van der Waals surface area (Å²) in [5.74, 6) is -0.574. The Kier molecular flexibility index (Phi) is 8.54. The molecule has 3 aliphatic rings. The van der Waals surface area contributed by atoms with Crippen molar-refractivity contribution in [3.63, 3.8) is 0 Å². The lowest BCUT2D eigenvalue weighted by Gasteiger charge is -2.35. The highest BCUT2D eigenvalue weighted by molar-refractivity contribution is 7.76. The van der Waals surface area contributed by atoms with Crippen LogP contribution in [0.15, 0.2) is 30.3 Å². The van der Waals surface area contributed by atoms with E-state index in [0.717, 1.165) is 63.0 Å². The van der Waals surface area contributed by atoms with Crippen molar-refractivity contribution in [1.29, 1.82) is 0 Å². The van der Waals surface area contributed by atoms with Crippen LogP contribution in [0.2, 0.25) is 10.0 Å². The monoisotopic (exact) mass is 542 g/mol. The van der Waals surface area contributed by atoms with Crippen molar-refractivity contribution in [3.05, 3.63) is 57.3 Å². The third-order valence-corrected chi connectivity index (χ3v) is 7.52. The van der Waals surface area contributed by atoms with E-state index in [4.69, 9.17) is 33.7 Å². The number of amides is 1. The maximum atomic E-state index is 14.3. The minimum Gasteiger partial charge on any atom is -0.760 e. The van der Waals surface area contributed by atoms with Crippen molar-refractivity contribution in [1.82, 2.24) is 4.31 Å². The Morgan fingerprint density at radius 3 is 2.26 bits per heavy atom. The van der Waals surface area contributed by atoms with Crippen LogP contribution in [0.5, 0.6) is 5.75 Å². The van der Waals surface area contributed by atoms with Gasteiger partial charge in [-0.25, -0.2) is 8.70 Å². The number of carbonyl (C=O) groups is 1. The van der Waals surface area contributed by atoms with Gasteiger partial charge in [-0.3, -0.25) is 9.00 Å². The number of hydrogen-bond donors (Lipinski definition) is 1. The van der Waals surface area contributed by atoms with Crippen LogP contribution in [0.4, 0.5) is 10.1 Å². The molecule has 2 N–H and O–H groups in total. The van der Waals surface area contributed by atoms with Crippen LogP contribution in [0.25, 0.3) is 0 Å². The zero-order valence-electron chi connectivity index (χ0n) is 19.1. The molecule has 7 nitrogen and oxygen atoms in total. The molecule has 0 spiro atoms. The summed E-state index contributed by atoms with van der Waals surface area (Å²) in [6, 6.07) is 8.33. The van der Waals surface area contributed by atoms with Gasteiger partial charge in [-0.15, -0.1) is 0 Å². The molecule has 35 heavy (non-hydrogen) atoms. The summed E-state index contributed by atoms with van der Waals surface area (Å²) in [5, 5.41) is 1.18. The number of nitrogens with zero attached hydrogens (tertiary/aromatic N) is 2. The Bertz CT molecular complexity index is 1090. The lowest BCUT2D eigenvalue weighted by Crippen LogP contribution is -2.41. The number of anilines is 1. The standard InChI is InChI=1S/C21H21Cl2FN2O2.C3H7NO2S/c22-13-6-14(23)8-15(7-13)26-5-1-2-16(11-26)28-20-10-19(24)18(21(25)27)9-17(20)12-3-4-12;5-7(6)4-2-1-3-4/h6-10,12,16H,1-5,11H2,(H2,25,27);1-3H2,(H,5,6)/p-1/t16-;/m1./s1. The summed E-state index contributed by atoms with van der Waals surface area (Å²) >= 11 is 10.3. The van der Waals surface area contributed by atoms with Crippen molar-refractivity contribution >= 4 is 46.1 Å². The average Bonchev–Trinajstić information content (AvgIpc) is 3.57. The van der Waals surface area contributed by atoms with Gasteiger partial charge >= 0.3 is 0 Å². The quantitative estimate of drug-likeness (QED) is 0.536. The summed E-state index contributed by atoms with van der Waals surface area (Å²) in [6.45, 7) is 2.97. The number of carbonyl (C=O) groups excluding carboxylic acids is 1. The summed E-state index contributed by atoms with van der Waals surface area (Å²) in [4.78, 5) is 13.7. The van der Waals surface area contributed by atoms with E-state index < -0.39 is 23.0 Å². The first-order chi connectivity index (χ1) is 16.7. The Hall–Kier alpha value is -1.91. The molecule has 0 radical (unpaired) electrons. The Labute approximate surface area is 216 Å². The number of piperidine rings is 1. The molecule has 1 saturated carbocycles. The van der Waals surface area contributed by atoms with Crippen LogP contribution < -0.4 is 15.4 Å². The van der Waals surface area contributed by atoms with Crippen LogP contribution in [0.1, 0.15) is 53.9 Å². The molecule has 0 bridgehead atoms. The fourth-order valence-electron chi connectivity index (χ4n) is 4.18. The van der Waals surface area contributed by atoms with Crippen LogP contribution in [0, 0.1) is 5.82 Å². The van der Waals surface area contributed by atoms with Gasteiger partial charge in [-0.05, 0) is 67.9 Å². The predicted molar refractivity (Wildman–Crippen MR) is 134 cm³/mol. The van der Waals surface area contributed by atoms with Crippen molar-refractivity contribution in [2.75, 3.05) is 31.1 Å². The van der Waals surface area contributed by atoms with Crippen molar-refractivity contribution in [3.8, 4) is 5.75 Å². The van der Waals surface area contributed by atoms with E-state index in [0.29, 0.717) is 28.3 Å². The molecule has 2 saturated heterocycles. The molecule has 1 aliphatic carbocycles. The molecule has 190 valence electrons. The summed E-state index contributed by atoms with van der Waals surface area (Å²) in [7, 11) is 0. The maximum absolute atomic E-state index is 14.3. The highest BCUT2D eigenvalue weighted by Crippen LogP contribution is 2.45. The van der Waals surface area contributed by atoms with Crippen molar-refractivity contribution in [2.24, 2.45) is 5.73 Å². The SMILES string of the molecule is NC(=O)c1cc(C2CC2)c(O[C@@H]2CCCN(c3cc(Cl)cc(Cl)c3)C2)cc1F.O=S([O-])N1CCC1. The van der Waals surface area contributed by atoms with Crippen molar-refractivity contribution < 1.29 is 22.7 Å². The van der Waals surface area contributed by atoms with E-state index in [2.05, 4.69) is 4.90 Å². The molecule has 2 atom stereocenters. The van der Waals surface area contributed by atoms with Gasteiger partial charge in [0.15, 0.2) is 0 Å². The van der Waals surface area contributed by atoms with Crippen LogP contribution in [-0.2, 0) is 11.3 Å². The number of benzene rings is 2. The van der Waals surface area contributed by atoms with E-state index in [9.17, 15) is 17.9 Å². The Balaban J connectivity index is 0.000000356. The molecular weight excluding hydrogens is 516 g/mol. The first-order valence-electron chi connectivity index (χ1n) is 11.6. The second kappa shape index (κ2) is 11.4. The van der Waals surface area contributed by atoms with E-state index in [1.165, 1.54) is 10.4 Å². The number of hydrogen-bond acceptors (Lipinski definition) is 5. The summed E-state index contributed by atoms with van der Waals surface area (Å²) in [6.07, 6.45) is 4.76. The molecule has 1 unspecified atom stereocenters. The van der Waals surface area contributed by atoms with Gasteiger partial charge in [-0.2, -0.15) is 0 Å². The van der Waals surface area contributed by atoms with Crippen molar-refractivity contribution in [2.45, 2.75) is 44.1 Å². The average molecular weight is 543 g/mol. The molecule has 1 amide bonds. The minimum atomic E-state index is -1.94. The van der Waals surface area contributed by atoms with Gasteiger partial charge in [0.2, 0.25) is 0 Å². The first kappa shape index (κ1) is 26.2. The molecule has 3 fully saturated rings. The lowest BCUT2D eigenvalue weighted by atomic mass is 10.0. The summed E-state index contributed by atoms with van der Waals surface area (Å²) in [5.41, 5.74) is 7.04. The molecule has 2 aromatic rings. The number of halogens is 3. The molecular formula is C24H27Cl2FN3O4S-. The zero-order valence-corrected chi connectivity index (χ0v) is 21.4. The van der Waals surface area contributed by atoms with Gasteiger partial charge in [0.1, 0.15) is 17.7 Å². The Morgan fingerprint density at radius 2 is 1.74 bits per heavy atom. The third-order valence-electron chi connectivity index (χ3n) is 6.29. The molecule has 2 heterocycles. The smallest absolute Gasteiger partial charge is 0.251 e. The zero-order chi connectivity index (χ0) is 25.1. The Morgan fingerprint density at radius 1 is 1.06 bits per heavy atom. The van der Waals surface area contributed by atoms with E-state index in [1.54, 1.807) is 12.1 Å². The molecule has 2 aromatic carbocycles. The van der Waals surface area contributed by atoms with E-state index >= 15 is 0 Å². The van der Waals surface area contributed by atoms with Crippen LogP contribution in [-0.4, -0.2) is 51.3 Å². The summed E-state index contributed by atoms with van der Waals surface area (Å²) < 4.78 is 41.7. The molecule has 0 aromatic heterocycles. The molecule has 2 aliphatic heterocycles. The van der Waals surface area contributed by atoms with E-state index in [-0.39, 0.29) is 11.7 Å². The third kappa shape index (κ3) is 6.86. The second-order valence-electron chi connectivity index (χ2n) is 8.96. The van der Waals surface area contributed by atoms with Gasteiger partial charge in [-0.1, -0.05) is 23.2 Å². The van der Waals surface area contributed by atoms with Crippen LogP contribution in [0.3, 0.4) is 0 Å². The topological polar surface area (TPSA) is 98.9 Å². The predicted octanol–water partition coefficient (Wildman–Crippen LogP) is 4.64. The highest BCUT2D eigenvalue weighted by Gasteiger charge is 2.31. The van der Waals surface area contributed by atoms with Crippen LogP contribution >= 0.6 is 23.2 Å². The number of rotatable bonds is 6. The lowest BCUT2D eigenvalue weighted by molar-refractivity contribution is 0.0996. The highest BCUT2D eigenvalue weighted by atomic mass is 35.5.